The van der Waals surface area contributed by atoms with Crippen molar-refractivity contribution in [3.63, 3.8) is 0 Å². The molecule has 0 aliphatic carbocycles. The van der Waals surface area contributed by atoms with E-state index in [1.165, 1.54) is 0 Å². The summed E-state index contributed by atoms with van der Waals surface area (Å²) in [6.07, 6.45) is 0. The van der Waals surface area contributed by atoms with Gasteiger partial charge in [-0.15, -0.1) is 0 Å². The Hall–Kier alpha value is -1.64. The molecule has 3 heteroatoms. The first-order valence-corrected chi connectivity index (χ1v) is 5.02. The third kappa shape index (κ3) is 2.13. The van der Waals surface area contributed by atoms with Crippen LogP contribution in [-0.2, 0) is 0 Å². The van der Waals surface area contributed by atoms with E-state index in [0.29, 0.717) is 0 Å². The molecule has 0 bridgehead atoms. The van der Waals surface area contributed by atoms with E-state index >= 15 is 0 Å². The molecule has 2 rings (SSSR count). The van der Waals surface area contributed by atoms with Crippen molar-refractivity contribution in [2.45, 2.75) is 20.5 Å². The average Bonchev–Trinajstić information content (AvgIpc) is 2.18. The molecule has 0 aliphatic rings. The Morgan fingerprint density at radius 2 is 1.81 bits per heavy atom. The highest BCUT2D eigenvalue weighted by Crippen LogP contribution is 2.26. The Balaban J connectivity index is 2.53. The Labute approximate surface area is 92.7 Å². The van der Waals surface area contributed by atoms with E-state index < -0.39 is 6.61 Å². The number of hydrogen-bond acceptors (Lipinski definition) is 1. The van der Waals surface area contributed by atoms with Crippen LogP contribution in [-0.4, -0.2) is 6.61 Å². The molecule has 1 nitrogen and oxygen atoms in total. The molecule has 0 unspecified atom stereocenters. The zero-order valence-corrected chi connectivity index (χ0v) is 9.13. The minimum Gasteiger partial charge on any atom is -0.435 e. The van der Waals surface area contributed by atoms with Crippen molar-refractivity contribution in [2.75, 3.05) is 0 Å². The zero-order valence-electron chi connectivity index (χ0n) is 9.13. The molecule has 0 amide bonds. The van der Waals surface area contributed by atoms with Crippen LogP contribution >= 0.6 is 0 Å². The first-order chi connectivity index (χ1) is 7.56. The molecule has 0 radical (unpaired) electrons. The predicted octanol–water partition coefficient (Wildman–Crippen LogP) is 4.06. The number of aryl methyl sites for hydroxylation is 2. The molecule has 0 atom stereocenters. The van der Waals surface area contributed by atoms with Crippen LogP contribution in [0.2, 0.25) is 0 Å². The second-order valence-corrected chi connectivity index (χ2v) is 3.84. The SMILES string of the molecule is Cc1cc(C)c2cc(OC(F)F)ccc2c1. The largest absolute Gasteiger partial charge is 0.435 e. The summed E-state index contributed by atoms with van der Waals surface area (Å²) in [6, 6.07) is 9.06. The summed E-state index contributed by atoms with van der Waals surface area (Å²) >= 11 is 0. The molecular weight excluding hydrogens is 210 g/mol. The highest BCUT2D eigenvalue weighted by atomic mass is 19.3. The standard InChI is InChI=1S/C13H12F2O/c1-8-5-9(2)12-7-11(16-13(14)15)4-3-10(12)6-8/h3-7,13H,1-2H3. The Kier molecular flexibility index (Phi) is 2.77. The molecule has 84 valence electrons. The summed E-state index contributed by atoms with van der Waals surface area (Å²) in [5.74, 6) is 0.203. The van der Waals surface area contributed by atoms with Gasteiger partial charge >= 0.3 is 6.61 Å². The van der Waals surface area contributed by atoms with Gasteiger partial charge in [0.2, 0.25) is 0 Å². The van der Waals surface area contributed by atoms with E-state index in [9.17, 15) is 8.78 Å². The quantitative estimate of drug-likeness (QED) is 0.744. The van der Waals surface area contributed by atoms with Crippen LogP contribution in [0.15, 0.2) is 30.3 Å². The van der Waals surface area contributed by atoms with Crippen LogP contribution in [0.3, 0.4) is 0 Å². The van der Waals surface area contributed by atoms with Gasteiger partial charge in [-0.25, -0.2) is 0 Å². The molecule has 0 spiro atoms. The topological polar surface area (TPSA) is 9.23 Å². The highest BCUT2D eigenvalue weighted by Gasteiger charge is 2.06. The van der Waals surface area contributed by atoms with E-state index in [4.69, 9.17) is 0 Å². The van der Waals surface area contributed by atoms with Gasteiger partial charge in [-0.05, 0) is 42.3 Å². The maximum Gasteiger partial charge on any atom is 0.387 e. The summed E-state index contributed by atoms with van der Waals surface area (Å²) in [7, 11) is 0. The van der Waals surface area contributed by atoms with E-state index in [2.05, 4.69) is 4.74 Å². The fourth-order valence-electron chi connectivity index (χ4n) is 1.89. The number of fused-ring (bicyclic) bond motifs is 1. The van der Waals surface area contributed by atoms with E-state index in [1.807, 2.05) is 26.0 Å². The van der Waals surface area contributed by atoms with Gasteiger partial charge in [-0.2, -0.15) is 8.78 Å². The number of alkyl halides is 2. The monoisotopic (exact) mass is 222 g/mol. The fraction of sp³-hybridized carbons (Fsp3) is 0.231. The van der Waals surface area contributed by atoms with Crippen LogP contribution in [0.4, 0.5) is 8.78 Å². The Morgan fingerprint density at radius 1 is 1.06 bits per heavy atom. The van der Waals surface area contributed by atoms with E-state index in [0.717, 1.165) is 21.9 Å². The van der Waals surface area contributed by atoms with Crippen LogP contribution < -0.4 is 4.74 Å². The van der Waals surface area contributed by atoms with Gasteiger partial charge in [0, 0.05) is 0 Å². The molecule has 0 saturated carbocycles. The molecule has 0 aliphatic heterocycles. The third-order valence-corrected chi connectivity index (χ3v) is 2.50. The van der Waals surface area contributed by atoms with Crippen molar-refractivity contribution in [3.05, 3.63) is 41.5 Å². The van der Waals surface area contributed by atoms with Crippen LogP contribution in [0, 0.1) is 13.8 Å². The maximum absolute atomic E-state index is 12.1. The summed E-state index contributed by atoms with van der Waals surface area (Å²) in [5, 5.41) is 1.99. The summed E-state index contributed by atoms with van der Waals surface area (Å²) in [5.41, 5.74) is 2.22. The Bertz CT molecular complexity index is 521. The van der Waals surface area contributed by atoms with Crippen molar-refractivity contribution in [1.29, 1.82) is 0 Å². The summed E-state index contributed by atoms with van der Waals surface area (Å²) in [4.78, 5) is 0. The lowest BCUT2D eigenvalue weighted by atomic mass is 10.0. The predicted molar refractivity (Wildman–Crippen MR) is 60.1 cm³/mol. The minimum atomic E-state index is -2.77. The number of rotatable bonds is 2. The first-order valence-electron chi connectivity index (χ1n) is 5.02. The van der Waals surface area contributed by atoms with Gasteiger partial charge in [-0.3, -0.25) is 0 Å². The second-order valence-electron chi connectivity index (χ2n) is 3.84. The smallest absolute Gasteiger partial charge is 0.387 e. The first kappa shape index (κ1) is 10.9. The molecule has 16 heavy (non-hydrogen) atoms. The van der Waals surface area contributed by atoms with Gasteiger partial charge in [-0.1, -0.05) is 23.8 Å². The maximum atomic E-state index is 12.1. The van der Waals surface area contributed by atoms with Crippen molar-refractivity contribution < 1.29 is 13.5 Å². The summed E-state index contributed by atoms with van der Waals surface area (Å²) in [6.45, 7) is 1.19. The lowest BCUT2D eigenvalue weighted by Gasteiger charge is -2.08. The number of hydrogen-bond donors (Lipinski definition) is 0. The van der Waals surface area contributed by atoms with Gasteiger partial charge < -0.3 is 4.74 Å². The van der Waals surface area contributed by atoms with Gasteiger partial charge in [0.05, 0.1) is 0 Å². The molecule has 0 fully saturated rings. The summed E-state index contributed by atoms with van der Waals surface area (Å²) < 4.78 is 28.5. The lowest BCUT2D eigenvalue weighted by Crippen LogP contribution is -2.01. The number of halogens is 2. The van der Waals surface area contributed by atoms with Crippen LogP contribution in [0.5, 0.6) is 5.75 Å². The Morgan fingerprint density at radius 3 is 2.50 bits per heavy atom. The highest BCUT2D eigenvalue weighted by molar-refractivity contribution is 5.87. The zero-order chi connectivity index (χ0) is 11.7. The van der Waals surface area contributed by atoms with Gasteiger partial charge in [0.1, 0.15) is 5.75 Å². The minimum absolute atomic E-state index is 0.203. The molecule has 0 aromatic heterocycles. The van der Waals surface area contributed by atoms with Crippen LogP contribution in [0.1, 0.15) is 11.1 Å². The molecule has 0 N–H and O–H groups in total. The second kappa shape index (κ2) is 4.08. The van der Waals surface area contributed by atoms with E-state index in [-0.39, 0.29) is 5.75 Å². The fourth-order valence-corrected chi connectivity index (χ4v) is 1.89. The molecular formula is C13H12F2O. The van der Waals surface area contributed by atoms with Gasteiger partial charge in [0.25, 0.3) is 0 Å². The van der Waals surface area contributed by atoms with Crippen molar-refractivity contribution in [2.24, 2.45) is 0 Å². The number of ether oxygens (including phenoxy) is 1. The van der Waals surface area contributed by atoms with Crippen molar-refractivity contribution in [1.82, 2.24) is 0 Å². The van der Waals surface area contributed by atoms with Crippen molar-refractivity contribution >= 4 is 10.8 Å². The molecule has 2 aromatic rings. The molecule has 2 aromatic carbocycles. The molecule has 0 heterocycles. The van der Waals surface area contributed by atoms with Gasteiger partial charge in [0.15, 0.2) is 0 Å². The lowest BCUT2D eigenvalue weighted by molar-refractivity contribution is -0.0497. The molecule has 0 saturated heterocycles. The van der Waals surface area contributed by atoms with Crippen molar-refractivity contribution in [3.8, 4) is 5.75 Å². The van der Waals surface area contributed by atoms with Crippen LogP contribution in [0.25, 0.3) is 10.8 Å². The number of benzene rings is 2. The van der Waals surface area contributed by atoms with E-state index in [1.54, 1.807) is 18.2 Å². The average molecular weight is 222 g/mol. The third-order valence-electron chi connectivity index (χ3n) is 2.50. The normalized spacial score (nSPS) is 11.1.